The van der Waals surface area contributed by atoms with Gasteiger partial charge in [0.1, 0.15) is 5.82 Å². The van der Waals surface area contributed by atoms with Crippen LogP contribution in [0.4, 0.5) is 10.1 Å². The third-order valence-corrected chi connectivity index (χ3v) is 6.05. The molecule has 1 aliphatic rings. The molecule has 1 saturated heterocycles. The number of morpholine rings is 1. The molecule has 8 nitrogen and oxygen atoms in total. The van der Waals surface area contributed by atoms with E-state index in [1.165, 1.54) is 46.8 Å². The molecule has 0 radical (unpaired) electrons. The van der Waals surface area contributed by atoms with Gasteiger partial charge >= 0.3 is 5.97 Å². The van der Waals surface area contributed by atoms with Gasteiger partial charge in [-0.3, -0.25) is 4.79 Å². The Bertz CT molecular complexity index is 1010. The fourth-order valence-electron chi connectivity index (χ4n) is 2.70. The van der Waals surface area contributed by atoms with Crippen LogP contribution in [0.15, 0.2) is 53.4 Å². The van der Waals surface area contributed by atoms with Crippen molar-refractivity contribution in [1.29, 1.82) is 0 Å². The van der Waals surface area contributed by atoms with E-state index in [2.05, 4.69) is 5.32 Å². The second-order valence-corrected chi connectivity index (χ2v) is 8.09. The van der Waals surface area contributed by atoms with E-state index in [-0.39, 0.29) is 29.2 Å². The summed E-state index contributed by atoms with van der Waals surface area (Å²) in [6.45, 7) is 0.509. The molecule has 0 aliphatic carbocycles. The van der Waals surface area contributed by atoms with E-state index in [0.717, 1.165) is 6.07 Å². The molecule has 10 heteroatoms. The highest BCUT2D eigenvalue weighted by Crippen LogP contribution is 2.20. The van der Waals surface area contributed by atoms with Crippen LogP contribution in [0, 0.1) is 5.82 Å². The molecule has 0 spiro atoms. The van der Waals surface area contributed by atoms with Crippen molar-refractivity contribution in [2.24, 2.45) is 0 Å². The van der Waals surface area contributed by atoms with Crippen LogP contribution < -0.4 is 5.32 Å². The first-order valence-electron chi connectivity index (χ1n) is 8.77. The maximum atomic E-state index is 13.6. The van der Waals surface area contributed by atoms with Gasteiger partial charge in [0, 0.05) is 18.8 Å². The third-order valence-electron chi connectivity index (χ3n) is 4.15. The summed E-state index contributed by atoms with van der Waals surface area (Å²) >= 11 is 0. The molecule has 1 aliphatic heterocycles. The van der Waals surface area contributed by atoms with E-state index < -0.39 is 34.3 Å². The first kappa shape index (κ1) is 20.9. The van der Waals surface area contributed by atoms with Gasteiger partial charge in [0.25, 0.3) is 5.91 Å². The van der Waals surface area contributed by atoms with Crippen LogP contribution in [0.1, 0.15) is 10.4 Å². The fraction of sp³-hybridized carbons (Fsp3) is 0.263. The summed E-state index contributed by atoms with van der Waals surface area (Å²) in [6.07, 6.45) is 0. The summed E-state index contributed by atoms with van der Waals surface area (Å²) < 4.78 is 50.2. The Morgan fingerprint density at radius 1 is 1.10 bits per heavy atom. The molecule has 2 aromatic carbocycles. The molecule has 0 aromatic heterocycles. The van der Waals surface area contributed by atoms with Gasteiger partial charge in [-0.05, 0) is 30.3 Å². The van der Waals surface area contributed by atoms with E-state index in [4.69, 9.17) is 9.47 Å². The Hall–Kier alpha value is -2.82. The van der Waals surface area contributed by atoms with Gasteiger partial charge in [-0.2, -0.15) is 4.31 Å². The van der Waals surface area contributed by atoms with Crippen LogP contribution in [-0.4, -0.2) is 57.5 Å². The lowest BCUT2D eigenvalue weighted by Gasteiger charge is -2.26. The highest BCUT2D eigenvalue weighted by molar-refractivity contribution is 7.89. The van der Waals surface area contributed by atoms with E-state index in [1.807, 2.05) is 0 Å². The van der Waals surface area contributed by atoms with Crippen LogP contribution in [0.2, 0.25) is 0 Å². The summed E-state index contributed by atoms with van der Waals surface area (Å²) in [5, 5.41) is 2.46. The second kappa shape index (κ2) is 9.12. The van der Waals surface area contributed by atoms with Gasteiger partial charge in [0.15, 0.2) is 6.61 Å². The Labute approximate surface area is 167 Å². The number of nitrogens with one attached hydrogen (secondary N) is 1. The van der Waals surface area contributed by atoms with Crippen molar-refractivity contribution in [3.05, 3.63) is 59.9 Å². The minimum atomic E-state index is -3.71. The molecular weight excluding hydrogens is 403 g/mol. The van der Waals surface area contributed by atoms with Gasteiger partial charge < -0.3 is 14.8 Å². The number of esters is 1. The predicted molar refractivity (Wildman–Crippen MR) is 101 cm³/mol. The standard InChI is InChI=1S/C19H19FN2O6S/c20-17-7-2-1-6-16(17)19(24)28-13-18(23)21-14-4-3-5-15(12-14)29(25,26)22-8-10-27-11-9-22/h1-7,12H,8-11,13H2,(H,21,23). The van der Waals surface area contributed by atoms with Gasteiger partial charge in [0.2, 0.25) is 10.0 Å². The molecule has 1 heterocycles. The number of ether oxygens (including phenoxy) is 2. The zero-order valence-corrected chi connectivity index (χ0v) is 16.2. The number of nitrogens with zero attached hydrogens (tertiary/aromatic N) is 1. The van der Waals surface area contributed by atoms with Gasteiger partial charge in [-0.15, -0.1) is 0 Å². The van der Waals surface area contributed by atoms with Crippen LogP contribution in [0.5, 0.6) is 0 Å². The average Bonchev–Trinajstić information content (AvgIpc) is 2.73. The molecule has 1 N–H and O–H groups in total. The first-order chi connectivity index (χ1) is 13.9. The Kier molecular flexibility index (Phi) is 6.57. The van der Waals surface area contributed by atoms with Crippen molar-refractivity contribution in [1.82, 2.24) is 4.31 Å². The number of amides is 1. The lowest BCUT2D eigenvalue weighted by atomic mass is 10.2. The van der Waals surface area contributed by atoms with Crippen LogP contribution in [0.25, 0.3) is 0 Å². The monoisotopic (exact) mass is 422 g/mol. The van der Waals surface area contributed by atoms with Crippen LogP contribution in [0.3, 0.4) is 0 Å². The Morgan fingerprint density at radius 2 is 1.83 bits per heavy atom. The van der Waals surface area contributed by atoms with Crippen molar-refractivity contribution in [3.63, 3.8) is 0 Å². The normalized spacial score (nSPS) is 14.9. The van der Waals surface area contributed by atoms with Crippen molar-refractivity contribution < 1.29 is 31.9 Å². The Balaban J connectivity index is 1.62. The molecule has 0 atom stereocenters. The molecule has 0 unspecified atom stereocenters. The summed E-state index contributed by atoms with van der Waals surface area (Å²) in [4.78, 5) is 23.9. The lowest BCUT2D eigenvalue weighted by Crippen LogP contribution is -2.40. The highest BCUT2D eigenvalue weighted by Gasteiger charge is 2.26. The number of halogens is 1. The molecule has 1 fully saturated rings. The molecule has 0 bridgehead atoms. The van der Waals surface area contributed by atoms with Gasteiger partial charge in [-0.25, -0.2) is 17.6 Å². The fourth-order valence-corrected chi connectivity index (χ4v) is 4.16. The maximum Gasteiger partial charge on any atom is 0.341 e. The van der Waals surface area contributed by atoms with Gasteiger partial charge in [-0.1, -0.05) is 18.2 Å². The number of rotatable bonds is 6. The van der Waals surface area contributed by atoms with E-state index in [1.54, 1.807) is 0 Å². The summed E-state index contributed by atoms with van der Waals surface area (Å²) in [5.74, 6) is -2.41. The van der Waals surface area contributed by atoms with Crippen molar-refractivity contribution in [2.75, 3.05) is 38.2 Å². The molecule has 2 aromatic rings. The minimum Gasteiger partial charge on any atom is -0.452 e. The summed E-state index contributed by atoms with van der Waals surface area (Å²) in [7, 11) is -3.71. The van der Waals surface area contributed by atoms with Crippen LogP contribution >= 0.6 is 0 Å². The quantitative estimate of drug-likeness (QED) is 0.710. The van der Waals surface area contributed by atoms with E-state index in [9.17, 15) is 22.4 Å². The minimum absolute atomic E-state index is 0.0283. The number of hydrogen-bond acceptors (Lipinski definition) is 6. The third kappa shape index (κ3) is 5.17. The van der Waals surface area contributed by atoms with Gasteiger partial charge in [0.05, 0.1) is 23.7 Å². The summed E-state index contributed by atoms with van der Waals surface area (Å²) in [6, 6.07) is 11.0. The number of anilines is 1. The maximum absolute atomic E-state index is 13.6. The molecule has 154 valence electrons. The van der Waals surface area contributed by atoms with E-state index in [0.29, 0.717) is 13.2 Å². The lowest BCUT2D eigenvalue weighted by molar-refractivity contribution is -0.119. The van der Waals surface area contributed by atoms with Crippen LogP contribution in [-0.2, 0) is 24.3 Å². The van der Waals surface area contributed by atoms with Crippen molar-refractivity contribution in [2.45, 2.75) is 4.90 Å². The summed E-state index contributed by atoms with van der Waals surface area (Å²) in [5.41, 5.74) is -0.0508. The number of carbonyl (C=O) groups excluding carboxylic acids is 2. The Morgan fingerprint density at radius 3 is 2.55 bits per heavy atom. The number of sulfonamides is 1. The average molecular weight is 422 g/mol. The van der Waals surface area contributed by atoms with E-state index >= 15 is 0 Å². The zero-order valence-electron chi connectivity index (χ0n) is 15.3. The topological polar surface area (TPSA) is 102 Å². The molecule has 3 rings (SSSR count). The molecule has 0 saturated carbocycles. The number of carbonyl (C=O) groups is 2. The zero-order chi connectivity index (χ0) is 20.9. The second-order valence-electron chi connectivity index (χ2n) is 6.15. The van der Waals surface area contributed by atoms with Crippen molar-refractivity contribution in [3.8, 4) is 0 Å². The smallest absolute Gasteiger partial charge is 0.341 e. The number of hydrogen-bond donors (Lipinski definition) is 1. The first-order valence-corrected chi connectivity index (χ1v) is 10.2. The molecular formula is C19H19FN2O6S. The number of benzene rings is 2. The molecule has 1 amide bonds. The SMILES string of the molecule is O=C(COC(=O)c1ccccc1F)Nc1cccc(S(=O)(=O)N2CCOCC2)c1. The largest absolute Gasteiger partial charge is 0.452 e. The van der Waals surface area contributed by atoms with Crippen molar-refractivity contribution >= 4 is 27.6 Å². The highest BCUT2D eigenvalue weighted by atomic mass is 32.2. The molecule has 29 heavy (non-hydrogen) atoms. The predicted octanol–water partition coefficient (Wildman–Crippen LogP) is 1.64.